The van der Waals surface area contributed by atoms with E-state index in [4.69, 9.17) is 9.40 Å². The lowest BCUT2D eigenvalue weighted by molar-refractivity contribution is 0.596. The minimum absolute atomic E-state index is 0.0275. The van der Waals surface area contributed by atoms with Crippen LogP contribution < -0.4 is 0 Å². The first-order valence-corrected chi connectivity index (χ1v) is 11.5. The van der Waals surface area contributed by atoms with Crippen molar-refractivity contribution in [2.75, 3.05) is 0 Å². The summed E-state index contributed by atoms with van der Waals surface area (Å²) in [5.41, 5.74) is 5.31. The summed E-state index contributed by atoms with van der Waals surface area (Å²) in [4.78, 5) is 6.19. The van der Waals surface area contributed by atoms with Gasteiger partial charge in [-0.25, -0.2) is 0 Å². The van der Waals surface area contributed by atoms with Gasteiger partial charge in [0.15, 0.2) is 0 Å². The zero-order valence-corrected chi connectivity index (χ0v) is 18.9. The van der Waals surface area contributed by atoms with E-state index >= 15 is 0 Å². The highest BCUT2D eigenvalue weighted by Gasteiger charge is 2.21. The molecule has 0 fully saturated rings. The second-order valence-corrected chi connectivity index (χ2v) is 10.6. The molecule has 0 bridgehead atoms. The molecule has 0 saturated heterocycles. The number of fused-ring (bicyclic) bond motifs is 6. The second kappa shape index (κ2) is 6.41. The van der Waals surface area contributed by atoms with E-state index in [2.05, 4.69) is 82.3 Å². The second-order valence-electron chi connectivity index (χ2n) is 9.34. The van der Waals surface area contributed by atoms with Crippen molar-refractivity contribution in [1.82, 2.24) is 4.98 Å². The fraction of sp³-hybridized carbons (Fsp3) is 0.179. The molecule has 6 rings (SSSR count). The normalized spacial score (nSPS) is 12.5. The summed E-state index contributed by atoms with van der Waals surface area (Å²) in [6.07, 6.45) is 1.86. The molecule has 0 spiro atoms. The van der Waals surface area contributed by atoms with Crippen LogP contribution >= 0.6 is 11.3 Å². The Bertz CT molecular complexity index is 1630. The molecule has 31 heavy (non-hydrogen) atoms. The molecule has 0 N–H and O–H groups in total. The Labute approximate surface area is 185 Å². The van der Waals surface area contributed by atoms with Crippen LogP contribution in [0.25, 0.3) is 54.1 Å². The van der Waals surface area contributed by atoms with E-state index in [0.717, 1.165) is 27.8 Å². The first kappa shape index (κ1) is 18.6. The molecule has 0 amide bonds. The van der Waals surface area contributed by atoms with Crippen molar-refractivity contribution in [3.8, 4) is 11.3 Å². The van der Waals surface area contributed by atoms with Crippen LogP contribution in [0.5, 0.6) is 0 Å². The van der Waals surface area contributed by atoms with Crippen molar-refractivity contribution < 1.29 is 4.42 Å². The van der Waals surface area contributed by atoms with Crippen LogP contribution in [0.2, 0.25) is 0 Å². The number of rotatable bonds is 1. The van der Waals surface area contributed by atoms with Crippen molar-refractivity contribution in [2.45, 2.75) is 33.1 Å². The summed E-state index contributed by atoms with van der Waals surface area (Å²) < 4.78 is 7.57. The zero-order valence-electron chi connectivity index (χ0n) is 18.1. The number of nitrogens with zero attached hydrogens (tertiary/aromatic N) is 1. The number of furan rings is 1. The monoisotopic (exact) mass is 421 g/mol. The first-order chi connectivity index (χ1) is 14.9. The molecule has 6 aromatic rings. The minimum Gasteiger partial charge on any atom is -0.456 e. The molecule has 0 aliphatic heterocycles. The molecule has 3 aromatic heterocycles. The maximum atomic E-state index is 6.28. The van der Waals surface area contributed by atoms with Crippen molar-refractivity contribution in [1.29, 1.82) is 0 Å². The molecule has 0 aliphatic rings. The van der Waals surface area contributed by atoms with Gasteiger partial charge in [-0.15, -0.1) is 11.3 Å². The number of thiophene rings is 1. The number of aromatic nitrogens is 1. The Kier molecular flexibility index (Phi) is 3.85. The Hall–Kier alpha value is -3.17. The lowest BCUT2D eigenvalue weighted by atomic mass is 9.82. The quantitative estimate of drug-likeness (QED) is 0.265. The van der Waals surface area contributed by atoms with E-state index < -0.39 is 0 Å². The summed E-state index contributed by atoms with van der Waals surface area (Å²) in [6.45, 7) is 8.99. The predicted molar refractivity (Wildman–Crippen MR) is 133 cm³/mol. The minimum atomic E-state index is 0.0275. The number of hydrogen-bond acceptors (Lipinski definition) is 3. The molecule has 0 atom stereocenters. The molecule has 3 heterocycles. The summed E-state index contributed by atoms with van der Waals surface area (Å²) in [6, 6.07) is 21.8. The van der Waals surface area contributed by atoms with Gasteiger partial charge in [-0.2, -0.15) is 0 Å². The van der Waals surface area contributed by atoms with Crippen molar-refractivity contribution >= 4 is 54.1 Å². The van der Waals surface area contributed by atoms with Crippen LogP contribution in [-0.2, 0) is 5.41 Å². The zero-order chi connectivity index (χ0) is 21.3. The summed E-state index contributed by atoms with van der Waals surface area (Å²) >= 11 is 1.83. The van der Waals surface area contributed by atoms with Crippen molar-refractivity contribution in [3.05, 3.63) is 77.3 Å². The summed E-state index contributed by atoms with van der Waals surface area (Å²) in [5, 5.41) is 6.08. The van der Waals surface area contributed by atoms with Crippen LogP contribution in [0, 0.1) is 6.92 Å². The van der Waals surface area contributed by atoms with Crippen LogP contribution in [0.3, 0.4) is 0 Å². The van der Waals surface area contributed by atoms with Crippen molar-refractivity contribution in [2.24, 2.45) is 0 Å². The van der Waals surface area contributed by atoms with Gasteiger partial charge in [-0.3, -0.25) is 4.98 Å². The van der Waals surface area contributed by atoms with E-state index in [-0.39, 0.29) is 5.41 Å². The van der Waals surface area contributed by atoms with Crippen LogP contribution in [0.4, 0.5) is 0 Å². The average Bonchev–Trinajstić information content (AvgIpc) is 3.31. The highest BCUT2D eigenvalue weighted by molar-refractivity contribution is 7.19. The maximum absolute atomic E-state index is 6.28. The van der Waals surface area contributed by atoms with Gasteiger partial charge < -0.3 is 4.42 Å². The molecular formula is C28H23NOS. The van der Waals surface area contributed by atoms with E-state index in [0.29, 0.717) is 0 Å². The van der Waals surface area contributed by atoms with Gasteiger partial charge in [0, 0.05) is 32.1 Å². The molecule has 3 heteroatoms. The smallest absolute Gasteiger partial charge is 0.139 e. The van der Waals surface area contributed by atoms with Gasteiger partial charge in [0.25, 0.3) is 0 Å². The Balaban J connectivity index is 1.76. The highest BCUT2D eigenvalue weighted by Crippen LogP contribution is 2.42. The maximum Gasteiger partial charge on any atom is 0.139 e. The number of pyridine rings is 1. The SMILES string of the molecule is Cc1cc2c(ccc3oc4ccnc(-c5cc(C(C)(C)C)c6ccccc6c5)c4c32)s1. The molecule has 3 aromatic carbocycles. The molecule has 152 valence electrons. The molecule has 0 unspecified atom stereocenters. The van der Waals surface area contributed by atoms with Crippen LogP contribution in [0.1, 0.15) is 31.2 Å². The molecular weight excluding hydrogens is 398 g/mol. The topological polar surface area (TPSA) is 26.0 Å². The predicted octanol–water partition coefficient (Wildman–Crippen LogP) is 8.62. The average molecular weight is 422 g/mol. The third-order valence-corrected chi connectivity index (χ3v) is 7.13. The Morgan fingerprint density at radius 1 is 0.839 bits per heavy atom. The molecule has 0 aliphatic carbocycles. The number of hydrogen-bond donors (Lipinski definition) is 0. The highest BCUT2D eigenvalue weighted by atomic mass is 32.1. The summed E-state index contributed by atoms with van der Waals surface area (Å²) in [5.74, 6) is 0. The van der Waals surface area contributed by atoms with Gasteiger partial charge in [-0.1, -0.05) is 45.0 Å². The summed E-state index contributed by atoms with van der Waals surface area (Å²) in [7, 11) is 0. The van der Waals surface area contributed by atoms with E-state index in [1.807, 2.05) is 23.6 Å². The Morgan fingerprint density at radius 3 is 2.48 bits per heavy atom. The lowest BCUT2D eigenvalue weighted by Gasteiger charge is -2.22. The molecule has 0 radical (unpaired) electrons. The van der Waals surface area contributed by atoms with Gasteiger partial charge in [-0.05, 0) is 65.1 Å². The van der Waals surface area contributed by atoms with E-state index in [9.17, 15) is 0 Å². The van der Waals surface area contributed by atoms with Gasteiger partial charge in [0.05, 0.1) is 11.1 Å². The van der Waals surface area contributed by atoms with Crippen LogP contribution in [-0.4, -0.2) is 4.98 Å². The number of aryl methyl sites for hydroxylation is 1. The fourth-order valence-corrected chi connectivity index (χ4v) is 5.67. The largest absolute Gasteiger partial charge is 0.456 e. The van der Waals surface area contributed by atoms with Crippen molar-refractivity contribution in [3.63, 3.8) is 0 Å². The van der Waals surface area contributed by atoms with Crippen LogP contribution in [0.15, 0.2) is 71.3 Å². The van der Waals surface area contributed by atoms with Gasteiger partial charge in [0.2, 0.25) is 0 Å². The molecule has 2 nitrogen and oxygen atoms in total. The number of benzene rings is 3. The standard InChI is InChI=1S/C28H23NOS/c1-16-13-20-24(31-16)10-9-22-25(20)26-23(30-22)11-12-29-27(26)18-14-17-7-5-6-8-19(17)21(15-18)28(2,3)4/h5-15H,1-4H3. The third kappa shape index (κ3) is 2.80. The van der Waals surface area contributed by atoms with E-state index in [1.165, 1.54) is 36.7 Å². The fourth-order valence-electron chi connectivity index (χ4n) is 4.74. The molecule has 0 saturated carbocycles. The van der Waals surface area contributed by atoms with Gasteiger partial charge in [0.1, 0.15) is 11.2 Å². The Morgan fingerprint density at radius 2 is 1.65 bits per heavy atom. The third-order valence-electron chi connectivity index (χ3n) is 6.11. The van der Waals surface area contributed by atoms with E-state index in [1.54, 1.807) is 0 Å². The lowest BCUT2D eigenvalue weighted by Crippen LogP contribution is -2.12. The van der Waals surface area contributed by atoms with Gasteiger partial charge >= 0.3 is 0 Å². The first-order valence-electron chi connectivity index (χ1n) is 10.6.